The van der Waals surface area contributed by atoms with Crippen molar-refractivity contribution in [3.8, 4) is 0 Å². The van der Waals surface area contributed by atoms with Crippen LogP contribution >= 0.6 is 0 Å². The number of nitrogens with one attached hydrogen (secondary N) is 1. The molecular formula is C11H15N3O5S. The van der Waals surface area contributed by atoms with Crippen molar-refractivity contribution >= 4 is 21.4 Å². The number of non-ortho nitro benzene ring substituents is 1. The van der Waals surface area contributed by atoms with Crippen LogP contribution in [0.2, 0.25) is 0 Å². The molecule has 2 rings (SSSR count). The van der Waals surface area contributed by atoms with Gasteiger partial charge in [0.1, 0.15) is 4.90 Å². The number of anilines is 1. The van der Waals surface area contributed by atoms with Gasteiger partial charge in [0.25, 0.3) is 5.69 Å². The monoisotopic (exact) mass is 301 g/mol. The van der Waals surface area contributed by atoms with Crippen molar-refractivity contribution < 1.29 is 18.1 Å². The molecule has 0 aliphatic carbocycles. The number of rotatable bonds is 4. The molecule has 1 aliphatic heterocycles. The molecule has 8 nitrogen and oxygen atoms in total. The van der Waals surface area contributed by atoms with Crippen molar-refractivity contribution in [2.45, 2.75) is 23.8 Å². The highest BCUT2D eigenvalue weighted by Crippen LogP contribution is 2.24. The lowest BCUT2D eigenvalue weighted by molar-refractivity contribution is -0.385. The molecule has 1 saturated heterocycles. The van der Waals surface area contributed by atoms with Crippen LogP contribution in [-0.4, -0.2) is 32.6 Å². The van der Waals surface area contributed by atoms with Gasteiger partial charge in [-0.05, 0) is 18.9 Å². The largest absolute Gasteiger partial charge is 0.398 e. The van der Waals surface area contributed by atoms with Crippen molar-refractivity contribution in [1.29, 1.82) is 0 Å². The third-order valence-electron chi connectivity index (χ3n) is 3.04. The van der Waals surface area contributed by atoms with Crippen LogP contribution in [0.15, 0.2) is 23.1 Å². The summed E-state index contributed by atoms with van der Waals surface area (Å²) in [6.45, 7) is 0.967. The number of benzene rings is 1. The Balaban J connectivity index is 2.28. The van der Waals surface area contributed by atoms with E-state index in [1.807, 2.05) is 0 Å². The third-order valence-corrected chi connectivity index (χ3v) is 4.62. The minimum atomic E-state index is -3.88. The molecule has 110 valence electrons. The van der Waals surface area contributed by atoms with Crippen molar-refractivity contribution in [1.82, 2.24) is 4.72 Å². The normalized spacial score (nSPS) is 17.0. The number of sulfonamides is 1. The fourth-order valence-corrected chi connectivity index (χ4v) is 3.42. The Morgan fingerprint density at radius 3 is 2.60 bits per heavy atom. The summed E-state index contributed by atoms with van der Waals surface area (Å²) >= 11 is 0. The van der Waals surface area contributed by atoms with Gasteiger partial charge >= 0.3 is 0 Å². The Hall–Kier alpha value is -1.71. The zero-order valence-electron chi connectivity index (χ0n) is 10.6. The van der Waals surface area contributed by atoms with E-state index in [9.17, 15) is 18.5 Å². The van der Waals surface area contributed by atoms with Crippen LogP contribution in [0.5, 0.6) is 0 Å². The molecule has 0 aromatic heterocycles. The molecule has 1 aromatic carbocycles. The van der Waals surface area contributed by atoms with E-state index in [0.717, 1.165) is 6.07 Å². The minimum absolute atomic E-state index is 0.0184. The van der Waals surface area contributed by atoms with E-state index in [4.69, 9.17) is 10.5 Å². The molecule has 20 heavy (non-hydrogen) atoms. The van der Waals surface area contributed by atoms with E-state index in [0.29, 0.717) is 26.1 Å². The molecule has 0 unspecified atom stereocenters. The van der Waals surface area contributed by atoms with Crippen LogP contribution < -0.4 is 10.5 Å². The highest BCUT2D eigenvalue weighted by Gasteiger charge is 2.25. The average Bonchev–Trinajstić information content (AvgIpc) is 2.39. The van der Waals surface area contributed by atoms with Gasteiger partial charge in [0.2, 0.25) is 10.0 Å². The summed E-state index contributed by atoms with van der Waals surface area (Å²) in [6.07, 6.45) is 1.13. The lowest BCUT2D eigenvalue weighted by Gasteiger charge is -2.23. The maximum absolute atomic E-state index is 12.2. The molecule has 0 bridgehead atoms. The molecule has 0 amide bonds. The molecule has 3 N–H and O–H groups in total. The predicted molar refractivity (Wildman–Crippen MR) is 71.7 cm³/mol. The summed E-state index contributed by atoms with van der Waals surface area (Å²) in [5, 5.41) is 10.7. The molecule has 9 heteroatoms. The van der Waals surface area contributed by atoms with Crippen LogP contribution in [0, 0.1) is 10.1 Å². The number of nitro groups is 1. The Kier molecular flexibility index (Phi) is 4.21. The fraction of sp³-hybridized carbons (Fsp3) is 0.455. The van der Waals surface area contributed by atoms with Gasteiger partial charge < -0.3 is 10.5 Å². The molecule has 1 heterocycles. The first-order valence-corrected chi connectivity index (χ1v) is 7.52. The van der Waals surface area contributed by atoms with E-state index in [1.165, 1.54) is 12.1 Å². The molecule has 1 aromatic rings. The molecule has 0 saturated carbocycles. The predicted octanol–water partition coefficient (Wildman–Crippen LogP) is 0.634. The molecular weight excluding hydrogens is 286 g/mol. The van der Waals surface area contributed by atoms with Gasteiger partial charge in [-0.15, -0.1) is 0 Å². The van der Waals surface area contributed by atoms with Crippen molar-refractivity contribution in [2.75, 3.05) is 18.9 Å². The Bertz CT molecular complexity index is 610. The summed E-state index contributed by atoms with van der Waals surface area (Å²) in [7, 11) is -3.88. The van der Waals surface area contributed by atoms with Crippen molar-refractivity contribution in [3.63, 3.8) is 0 Å². The first-order chi connectivity index (χ1) is 9.40. The van der Waals surface area contributed by atoms with Crippen LogP contribution in [0.1, 0.15) is 12.8 Å². The number of ether oxygens (including phenoxy) is 1. The Morgan fingerprint density at radius 2 is 2.00 bits per heavy atom. The van der Waals surface area contributed by atoms with Crippen molar-refractivity contribution in [3.05, 3.63) is 28.3 Å². The van der Waals surface area contributed by atoms with E-state index >= 15 is 0 Å². The number of nitrogen functional groups attached to an aromatic ring is 1. The number of hydrogen-bond donors (Lipinski definition) is 2. The Morgan fingerprint density at radius 1 is 1.35 bits per heavy atom. The summed E-state index contributed by atoms with van der Waals surface area (Å²) in [5.41, 5.74) is 5.28. The second kappa shape index (κ2) is 5.73. The lowest BCUT2D eigenvalue weighted by atomic mass is 10.1. The first-order valence-electron chi connectivity index (χ1n) is 6.04. The summed E-state index contributed by atoms with van der Waals surface area (Å²) in [6, 6.07) is 3.11. The summed E-state index contributed by atoms with van der Waals surface area (Å²) in [5.74, 6) is 0. The molecule has 0 atom stereocenters. The zero-order chi connectivity index (χ0) is 14.8. The van der Waals surface area contributed by atoms with Crippen LogP contribution in [-0.2, 0) is 14.8 Å². The van der Waals surface area contributed by atoms with Crippen LogP contribution in [0.4, 0.5) is 11.4 Å². The van der Waals surface area contributed by atoms with E-state index < -0.39 is 14.9 Å². The van der Waals surface area contributed by atoms with Crippen LogP contribution in [0.3, 0.4) is 0 Å². The van der Waals surface area contributed by atoms with Crippen molar-refractivity contribution in [2.24, 2.45) is 0 Å². The molecule has 1 fully saturated rings. The van der Waals surface area contributed by atoms with Gasteiger partial charge in [0.15, 0.2) is 0 Å². The Labute approximate surface area is 116 Å². The van der Waals surface area contributed by atoms with Gasteiger partial charge in [-0.3, -0.25) is 10.1 Å². The van der Waals surface area contributed by atoms with E-state index in [2.05, 4.69) is 4.72 Å². The van der Waals surface area contributed by atoms with Gasteiger partial charge in [-0.1, -0.05) is 0 Å². The molecule has 0 radical (unpaired) electrons. The van der Waals surface area contributed by atoms with E-state index in [1.54, 1.807) is 0 Å². The summed E-state index contributed by atoms with van der Waals surface area (Å²) < 4.78 is 32.1. The topological polar surface area (TPSA) is 125 Å². The van der Waals surface area contributed by atoms with Crippen LogP contribution in [0.25, 0.3) is 0 Å². The SMILES string of the molecule is Nc1ccc([N+](=O)[O-])cc1S(=O)(=O)NC1CCOCC1. The number of nitro benzene ring substituents is 1. The van der Waals surface area contributed by atoms with Gasteiger partial charge in [-0.2, -0.15) is 0 Å². The minimum Gasteiger partial charge on any atom is -0.398 e. The summed E-state index contributed by atoms with van der Waals surface area (Å²) in [4.78, 5) is 9.79. The molecule has 1 aliphatic rings. The third kappa shape index (κ3) is 3.24. The highest BCUT2D eigenvalue weighted by molar-refractivity contribution is 7.89. The molecule has 0 spiro atoms. The standard InChI is InChI=1S/C11H15N3O5S/c12-10-2-1-9(14(15)16)7-11(10)20(17,18)13-8-3-5-19-6-4-8/h1-2,7-8,13H,3-6,12H2. The lowest BCUT2D eigenvalue weighted by Crippen LogP contribution is -2.39. The highest BCUT2D eigenvalue weighted by atomic mass is 32.2. The number of hydrogen-bond acceptors (Lipinski definition) is 6. The first kappa shape index (κ1) is 14.7. The quantitative estimate of drug-likeness (QED) is 0.477. The van der Waals surface area contributed by atoms with Gasteiger partial charge in [0, 0.05) is 31.4 Å². The van der Waals surface area contributed by atoms with E-state index in [-0.39, 0.29) is 22.3 Å². The zero-order valence-corrected chi connectivity index (χ0v) is 11.4. The maximum atomic E-state index is 12.2. The number of nitrogens with zero attached hydrogens (tertiary/aromatic N) is 1. The fourth-order valence-electron chi connectivity index (χ4n) is 1.97. The van der Waals surface area contributed by atoms with Gasteiger partial charge in [-0.25, -0.2) is 13.1 Å². The number of nitrogens with two attached hydrogens (primary N) is 1. The average molecular weight is 301 g/mol. The van der Waals surface area contributed by atoms with Gasteiger partial charge in [0.05, 0.1) is 10.6 Å². The maximum Gasteiger partial charge on any atom is 0.270 e. The second-order valence-corrected chi connectivity index (χ2v) is 6.17. The second-order valence-electron chi connectivity index (χ2n) is 4.49. The smallest absolute Gasteiger partial charge is 0.270 e.